The van der Waals surface area contributed by atoms with Gasteiger partial charge in [0.1, 0.15) is 10.7 Å². The van der Waals surface area contributed by atoms with Gasteiger partial charge in [0, 0.05) is 23.6 Å². The number of rotatable bonds is 3. The summed E-state index contributed by atoms with van der Waals surface area (Å²) in [6, 6.07) is 3.93. The lowest BCUT2D eigenvalue weighted by Crippen LogP contribution is -2.45. The molecule has 2 N–H and O–H groups in total. The Bertz CT molecular complexity index is 592. The van der Waals surface area contributed by atoms with Crippen LogP contribution in [0.3, 0.4) is 0 Å². The summed E-state index contributed by atoms with van der Waals surface area (Å²) in [5, 5.41) is 0. The lowest BCUT2D eigenvalue weighted by molar-refractivity contribution is 0.242. The molecule has 2 atom stereocenters. The molecule has 7 heteroatoms. The Morgan fingerprint density at radius 3 is 2.80 bits per heavy atom. The van der Waals surface area contributed by atoms with Crippen LogP contribution in [0.15, 0.2) is 27.6 Å². The molecule has 0 radical (unpaired) electrons. The SMILES string of the molecule is CC(N)C1CCCN(S(=O)(=O)c2ccc(Br)cc2F)C1. The zero-order chi connectivity index (χ0) is 14.9. The minimum absolute atomic E-state index is 0.0669. The maximum atomic E-state index is 13.9. The summed E-state index contributed by atoms with van der Waals surface area (Å²) in [5.74, 6) is -0.612. The average molecular weight is 365 g/mol. The fraction of sp³-hybridized carbons (Fsp3) is 0.538. The maximum Gasteiger partial charge on any atom is 0.245 e. The van der Waals surface area contributed by atoms with Crippen LogP contribution in [0.25, 0.3) is 0 Å². The van der Waals surface area contributed by atoms with E-state index in [9.17, 15) is 12.8 Å². The van der Waals surface area contributed by atoms with E-state index in [1.807, 2.05) is 6.92 Å². The normalized spacial score (nSPS) is 22.7. The van der Waals surface area contributed by atoms with Crippen molar-refractivity contribution in [3.05, 3.63) is 28.5 Å². The molecule has 2 unspecified atom stereocenters. The van der Waals surface area contributed by atoms with Crippen LogP contribution in [0, 0.1) is 11.7 Å². The summed E-state index contributed by atoms with van der Waals surface area (Å²) < 4.78 is 40.8. The Labute approximate surface area is 127 Å². The molecule has 0 aromatic heterocycles. The highest BCUT2D eigenvalue weighted by Crippen LogP contribution is 2.27. The number of benzene rings is 1. The summed E-state index contributed by atoms with van der Waals surface area (Å²) in [6.45, 7) is 2.65. The highest BCUT2D eigenvalue weighted by molar-refractivity contribution is 9.10. The summed E-state index contributed by atoms with van der Waals surface area (Å²) in [7, 11) is -3.79. The largest absolute Gasteiger partial charge is 0.328 e. The van der Waals surface area contributed by atoms with Crippen molar-refractivity contribution in [3.63, 3.8) is 0 Å². The fourth-order valence-corrected chi connectivity index (χ4v) is 4.36. The lowest BCUT2D eigenvalue weighted by Gasteiger charge is -2.33. The first-order chi connectivity index (χ1) is 9.32. The van der Waals surface area contributed by atoms with Crippen molar-refractivity contribution >= 4 is 26.0 Å². The zero-order valence-corrected chi connectivity index (χ0v) is 13.6. The number of halogens is 2. The van der Waals surface area contributed by atoms with Crippen LogP contribution in [0.1, 0.15) is 19.8 Å². The van der Waals surface area contributed by atoms with Crippen LogP contribution in [0.4, 0.5) is 4.39 Å². The summed E-state index contributed by atoms with van der Waals surface area (Å²) in [6.07, 6.45) is 1.66. The molecule has 0 amide bonds. The molecule has 1 aliphatic rings. The predicted octanol–water partition coefficient (Wildman–Crippen LogP) is 2.34. The third kappa shape index (κ3) is 3.21. The van der Waals surface area contributed by atoms with Gasteiger partial charge in [-0.15, -0.1) is 0 Å². The molecule has 20 heavy (non-hydrogen) atoms. The first kappa shape index (κ1) is 15.9. The standard InChI is InChI=1S/C13H18BrFN2O2S/c1-9(16)10-3-2-6-17(8-10)20(18,19)13-5-4-11(14)7-12(13)15/h4-5,7,9-10H,2-3,6,8,16H2,1H3. The smallest absolute Gasteiger partial charge is 0.245 e. The van der Waals surface area contributed by atoms with E-state index >= 15 is 0 Å². The van der Waals surface area contributed by atoms with Gasteiger partial charge in [-0.05, 0) is 43.9 Å². The molecule has 1 heterocycles. The summed E-state index contributed by atoms with van der Waals surface area (Å²) in [5.41, 5.74) is 5.86. The molecular formula is C13H18BrFN2O2S. The highest BCUT2D eigenvalue weighted by atomic mass is 79.9. The van der Waals surface area contributed by atoms with E-state index in [-0.39, 0.29) is 16.9 Å². The van der Waals surface area contributed by atoms with Gasteiger partial charge in [0.05, 0.1) is 0 Å². The van der Waals surface area contributed by atoms with Crippen molar-refractivity contribution in [1.82, 2.24) is 4.31 Å². The van der Waals surface area contributed by atoms with Crippen LogP contribution in [0.2, 0.25) is 0 Å². The van der Waals surface area contributed by atoms with Crippen molar-refractivity contribution in [2.45, 2.75) is 30.7 Å². The van der Waals surface area contributed by atoms with Crippen molar-refractivity contribution in [2.24, 2.45) is 11.7 Å². The zero-order valence-electron chi connectivity index (χ0n) is 11.2. The van der Waals surface area contributed by atoms with Gasteiger partial charge in [-0.3, -0.25) is 0 Å². The van der Waals surface area contributed by atoms with Gasteiger partial charge in [0.25, 0.3) is 0 Å². The number of hydrogen-bond acceptors (Lipinski definition) is 3. The molecule has 0 aliphatic carbocycles. The van der Waals surface area contributed by atoms with Crippen molar-refractivity contribution in [2.75, 3.05) is 13.1 Å². The molecule has 0 spiro atoms. The molecule has 1 fully saturated rings. The lowest BCUT2D eigenvalue weighted by atomic mass is 9.93. The topological polar surface area (TPSA) is 63.4 Å². The summed E-state index contributed by atoms with van der Waals surface area (Å²) in [4.78, 5) is -0.272. The van der Waals surface area contributed by atoms with Gasteiger partial charge >= 0.3 is 0 Å². The fourth-order valence-electron chi connectivity index (χ4n) is 2.44. The van der Waals surface area contributed by atoms with Crippen LogP contribution in [-0.2, 0) is 10.0 Å². The molecule has 1 aliphatic heterocycles. The Balaban J connectivity index is 2.30. The van der Waals surface area contributed by atoms with E-state index in [1.165, 1.54) is 22.5 Å². The second kappa shape index (κ2) is 6.09. The van der Waals surface area contributed by atoms with Crippen molar-refractivity contribution < 1.29 is 12.8 Å². The number of hydrogen-bond donors (Lipinski definition) is 1. The molecule has 1 aromatic carbocycles. The first-order valence-electron chi connectivity index (χ1n) is 6.53. The third-order valence-electron chi connectivity index (χ3n) is 3.68. The maximum absolute atomic E-state index is 13.9. The quantitative estimate of drug-likeness (QED) is 0.894. The minimum atomic E-state index is -3.79. The third-order valence-corrected chi connectivity index (χ3v) is 6.07. The Hall–Kier alpha value is -0.500. The molecule has 1 aromatic rings. The van der Waals surface area contributed by atoms with Gasteiger partial charge in [-0.2, -0.15) is 4.31 Å². The molecule has 0 bridgehead atoms. The van der Waals surface area contributed by atoms with E-state index in [4.69, 9.17) is 5.73 Å². The van der Waals surface area contributed by atoms with Gasteiger partial charge in [0.2, 0.25) is 10.0 Å². The second-order valence-corrected chi connectivity index (χ2v) is 8.02. The molecule has 0 saturated carbocycles. The number of piperidine rings is 1. The van der Waals surface area contributed by atoms with E-state index < -0.39 is 15.8 Å². The van der Waals surface area contributed by atoms with Crippen molar-refractivity contribution in [3.8, 4) is 0 Å². The number of sulfonamides is 1. The van der Waals surface area contributed by atoms with E-state index in [2.05, 4.69) is 15.9 Å². The molecule has 2 rings (SSSR count). The summed E-state index contributed by atoms with van der Waals surface area (Å²) >= 11 is 3.12. The minimum Gasteiger partial charge on any atom is -0.328 e. The molecule has 112 valence electrons. The first-order valence-corrected chi connectivity index (χ1v) is 8.76. The highest BCUT2D eigenvalue weighted by Gasteiger charge is 2.33. The van der Waals surface area contributed by atoms with Crippen molar-refractivity contribution in [1.29, 1.82) is 0 Å². The number of nitrogens with zero attached hydrogens (tertiary/aromatic N) is 1. The van der Waals surface area contributed by atoms with Crippen LogP contribution in [0.5, 0.6) is 0 Å². The number of nitrogens with two attached hydrogens (primary N) is 1. The van der Waals surface area contributed by atoms with Crippen LogP contribution >= 0.6 is 15.9 Å². The average Bonchev–Trinajstić information content (AvgIpc) is 2.38. The van der Waals surface area contributed by atoms with Crippen LogP contribution < -0.4 is 5.73 Å². The van der Waals surface area contributed by atoms with E-state index in [0.717, 1.165) is 12.8 Å². The van der Waals surface area contributed by atoms with E-state index in [0.29, 0.717) is 17.6 Å². The molecule has 4 nitrogen and oxygen atoms in total. The monoisotopic (exact) mass is 364 g/mol. The van der Waals surface area contributed by atoms with Crippen LogP contribution in [-0.4, -0.2) is 31.9 Å². The van der Waals surface area contributed by atoms with Gasteiger partial charge in [-0.1, -0.05) is 15.9 Å². The van der Waals surface area contributed by atoms with Gasteiger partial charge < -0.3 is 5.73 Å². The Kier molecular flexibility index (Phi) is 4.84. The Morgan fingerprint density at radius 2 is 2.20 bits per heavy atom. The van der Waals surface area contributed by atoms with Gasteiger partial charge in [0.15, 0.2) is 0 Å². The Morgan fingerprint density at radius 1 is 1.50 bits per heavy atom. The predicted molar refractivity (Wildman–Crippen MR) is 79.2 cm³/mol. The second-order valence-electron chi connectivity index (χ2n) is 5.20. The van der Waals surface area contributed by atoms with Gasteiger partial charge in [-0.25, -0.2) is 12.8 Å². The molecule has 1 saturated heterocycles. The van der Waals surface area contributed by atoms with E-state index in [1.54, 1.807) is 0 Å². The molecular weight excluding hydrogens is 347 g/mol.